The summed E-state index contributed by atoms with van der Waals surface area (Å²) in [7, 11) is 0. The number of thiol groups is 1. The molecule has 0 heterocycles. The van der Waals surface area contributed by atoms with Crippen LogP contribution in [0.4, 0.5) is 0 Å². The van der Waals surface area contributed by atoms with Crippen LogP contribution in [0.1, 0.15) is 22.3 Å². The van der Waals surface area contributed by atoms with Crippen molar-refractivity contribution in [3.63, 3.8) is 0 Å². The van der Waals surface area contributed by atoms with Crippen LogP contribution in [-0.4, -0.2) is 40.7 Å². The van der Waals surface area contributed by atoms with E-state index in [-0.39, 0.29) is 29.2 Å². The Kier molecular flexibility index (Phi) is 8.82. The third-order valence-electron chi connectivity index (χ3n) is 4.12. The maximum atomic E-state index is 12.8. The predicted octanol–water partition coefficient (Wildman–Crippen LogP) is 3.22. The first kappa shape index (κ1) is 23.1. The number of hydrogen-bond donors (Lipinski definition) is 4. The third kappa shape index (κ3) is 6.96. The molecular formula is C20H20Cl2N2O4S. The van der Waals surface area contributed by atoms with Gasteiger partial charge in [0.1, 0.15) is 12.1 Å². The molecule has 0 aliphatic rings. The van der Waals surface area contributed by atoms with Gasteiger partial charge in [-0.25, -0.2) is 4.79 Å². The molecule has 2 atom stereocenters. The topological polar surface area (TPSA) is 95.5 Å². The summed E-state index contributed by atoms with van der Waals surface area (Å²) in [6.07, 6.45) is 0.343. The van der Waals surface area contributed by atoms with Gasteiger partial charge in [0.25, 0.3) is 5.91 Å². The molecule has 9 heteroatoms. The molecule has 2 amide bonds. The van der Waals surface area contributed by atoms with E-state index >= 15 is 0 Å². The van der Waals surface area contributed by atoms with Gasteiger partial charge in [-0.3, -0.25) is 9.59 Å². The van der Waals surface area contributed by atoms with E-state index in [4.69, 9.17) is 23.2 Å². The van der Waals surface area contributed by atoms with Gasteiger partial charge in [-0.1, -0.05) is 53.5 Å². The molecule has 2 aromatic rings. The number of halogens is 2. The zero-order valence-corrected chi connectivity index (χ0v) is 17.7. The highest BCUT2D eigenvalue weighted by atomic mass is 35.5. The average molecular weight is 455 g/mol. The van der Waals surface area contributed by atoms with E-state index in [9.17, 15) is 19.5 Å². The molecule has 0 spiro atoms. The van der Waals surface area contributed by atoms with Crippen molar-refractivity contribution in [2.24, 2.45) is 0 Å². The molecule has 3 N–H and O–H groups in total. The van der Waals surface area contributed by atoms with Gasteiger partial charge in [0.15, 0.2) is 0 Å². The molecule has 2 rings (SSSR count). The van der Waals surface area contributed by atoms with Crippen LogP contribution >= 0.6 is 35.8 Å². The van der Waals surface area contributed by atoms with E-state index < -0.39 is 29.9 Å². The highest BCUT2D eigenvalue weighted by molar-refractivity contribution is 7.80. The lowest BCUT2D eigenvalue weighted by Gasteiger charge is -2.21. The number of aliphatic carboxylic acids is 1. The van der Waals surface area contributed by atoms with Crippen molar-refractivity contribution < 1.29 is 19.5 Å². The fourth-order valence-corrected chi connectivity index (χ4v) is 3.15. The second kappa shape index (κ2) is 11.1. The van der Waals surface area contributed by atoms with Crippen molar-refractivity contribution in [3.05, 3.63) is 69.7 Å². The molecule has 0 saturated carbocycles. The molecule has 0 aromatic heterocycles. The van der Waals surface area contributed by atoms with Gasteiger partial charge >= 0.3 is 5.97 Å². The molecule has 0 fully saturated rings. The number of benzene rings is 2. The maximum absolute atomic E-state index is 12.8. The summed E-state index contributed by atoms with van der Waals surface area (Å²) in [5, 5.41) is 14.9. The molecule has 0 aliphatic heterocycles. The van der Waals surface area contributed by atoms with E-state index in [0.29, 0.717) is 5.02 Å². The Bertz CT molecular complexity index is 880. The minimum atomic E-state index is -1.17. The summed E-state index contributed by atoms with van der Waals surface area (Å²) in [4.78, 5) is 36.8. The number of nitrogens with one attached hydrogen (secondary N) is 2. The second-order valence-corrected chi connectivity index (χ2v) is 7.52. The number of carboxylic acids is 1. The second-order valence-electron chi connectivity index (χ2n) is 6.26. The number of carbonyl (C=O) groups excluding carboxylic acids is 2. The highest BCUT2D eigenvalue weighted by Gasteiger charge is 2.27. The van der Waals surface area contributed by atoms with Crippen LogP contribution < -0.4 is 10.6 Å². The lowest BCUT2D eigenvalue weighted by molar-refractivity contribution is -0.142. The Hall–Kier alpha value is -2.22. The van der Waals surface area contributed by atoms with E-state index in [1.165, 1.54) is 18.2 Å². The van der Waals surface area contributed by atoms with Crippen LogP contribution in [-0.2, 0) is 16.0 Å². The SMILES string of the molecule is O=C(N[C@@H](Cc1ccccc1)C(=O)N[C@@H](CCS)C(=O)O)c1ccc(Cl)c(Cl)c1. The standard InChI is InChI=1S/C20H20Cl2N2O4S/c21-14-7-6-13(11-15(14)22)18(25)24-17(10-12-4-2-1-3-5-12)19(26)23-16(8-9-29)20(27)28/h1-7,11,16-17,29H,8-10H2,(H,23,26)(H,24,25)(H,27,28)/t16-,17-/m0/s1. The summed E-state index contributed by atoms with van der Waals surface area (Å²) >= 11 is 15.9. The first-order valence-electron chi connectivity index (χ1n) is 8.75. The van der Waals surface area contributed by atoms with Crippen LogP contribution in [0.2, 0.25) is 10.0 Å². The lowest BCUT2D eigenvalue weighted by Crippen LogP contribution is -2.52. The highest BCUT2D eigenvalue weighted by Crippen LogP contribution is 2.22. The van der Waals surface area contributed by atoms with Crippen molar-refractivity contribution >= 4 is 53.6 Å². The maximum Gasteiger partial charge on any atom is 0.326 e. The molecule has 29 heavy (non-hydrogen) atoms. The fraction of sp³-hybridized carbons (Fsp3) is 0.250. The molecule has 6 nitrogen and oxygen atoms in total. The molecular weight excluding hydrogens is 435 g/mol. The molecule has 0 bridgehead atoms. The zero-order valence-electron chi connectivity index (χ0n) is 15.3. The summed E-state index contributed by atoms with van der Waals surface area (Å²) in [6.45, 7) is 0. The van der Waals surface area contributed by atoms with Crippen LogP contribution in [0.15, 0.2) is 48.5 Å². The summed E-state index contributed by atoms with van der Waals surface area (Å²) in [5.74, 6) is -2.00. The van der Waals surface area contributed by atoms with Crippen LogP contribution in [0, 0.1) is 0 Å². The largest absolute Gasteiger partial charge is 0.480 e. The summed E-state index contributed by atoms with van der Waals surface area (Å²) in [5.41, 5.74) is 1.04. The van der Waals surface area contributed by atoms with Gasteiger partial charge in [0, 0.05) is 12.0 Å². The molecule has 0 aliphatic carbocycles. The van der Waals surface area contributed by atoms with Crippen LogP contribution in [0.3, 0.4) is 0 Å². The van der Waals surface area contributed by atoms with Gasteiger partial charge < -0.3 is 15.7 Å². The third-order valence-corrected chi connectivity index (χ3v) is 5.12. The number of hydrogen-bond acceptors (Lipinski definition) is 4. The minimum absolute atomic E-state index is 0.156. The normalized spacial score (nSPS) is 12.7. The van der Waals surface area contributed by atoms with Crippen molar-refractivity contribution in [3.8, 4) is 0 Å². The predicted molar refractivity (Wildman–Crippen MR) is 116 cm³/mol. The van der Waals surface area contributed by atoms with Gasteiger partial charge in [0.2, 0.25) is 5.91 Å². The van der Waals surface area contributed by atoms with Gasteiger partial charge in [0.05, 0.1) is 10.0 Å². The van der Waals surface area contributed by atoms with Crippen molar-refractivity contribution in [2.75, 3.05) is 5.75 Å². The van der Waals surface area contributed by atoms with E-state index in [1.807, 2.05) is 30.3 Å². The van der Waals surface area contributed by atoms with Gasteiger partial charge in [-0.2, -0.15) is 12.6 Å². The Balaban J connectivity index is 2.21. The lowest BCUT2D eigenvalue weighted by atomic mass is 10.0. The minimum Gasteiger partial charge on any atom is -0.480 e. The Morgan fingerprint density at radius 1 is 0.966 bits per heavy atom. The Morgan fingerprint density at radius 3 is 2.24 bits per heavy atom. The quantitative estimate of drug-likeness (QED) is 0.437. The zero-order chi connectivity index (χ0) is 21.4. The van der Waals surface area contributed by atoms with Crippen molar-refractivity contribution in [1.82, 2.24) is 10.6 Å². The average Bonchev–Trinajstić information content (AvgIpc) is 2.69. The first-order valence-corrected chi connectivity index (χ1v) is 10.1. The number of carboxylic acid groups (broad SMARTS) is 1. The molecule has 0 radical (unpaired) electrons. The van der Waals surface area contributed by atoms with E-state index in [1.54, 1.807) is 0 Å². The first-order chi connectivity index (χ1) is 13.8. The van der Waals surface area contributed by atoms with Crippen LogP contribution in [0.25, 0.3) is 0 Å². The summed E-state index contributed by atoms with van der Waals surface area (Å²) < 4.78 is 0. The van der Waals surface area contributed by atoms with Crippen molar-refractivity contribution in [2.45, 2.75) is 24.9 Å². The molecule has 0 unspecified atom stereocenters. The monoisotopic (exact) mass is 454 g/mol. The van der Waals surface area contributed by atoms with E-state index in [0.717, 1.165) is 5.56 Å². The van der Waals surface area contributed by atoms with Gasteiger partial charge in [-0.05, 0) is 35.9 Å². The van der Waals surface area contributed by atoms with Crippen LogP contribution in [0.5, 0.6) is 0 Å². The fourth-order valence-electron chi connectivity index (χ4n) is 2.60. The van der Waals surface area contributed by atoms with E-state index in [2.05, 4.69) is 23.3 Å². The molecule has 0 saturated heterocycles. The molecule has 2 aromatic carbocycles. The number of amides is 2. The Morgan fingerprint density at radius 2 is 1.66 bits per heavy atom. The smallest absolute Gasteiger partial charge is 0.326 e. The molecule has 154 valence electrons. The Labute approximate surface area is 184 Å². The summed E-state index contributed by atoms with van der Waals surface area (Å²) in [6, 6.07) is 11.4. The number of rotatable bonds is 9. The number of carbonyl (C=O) groups is 3. The van der Waals surface area contributed by atoms with Gasteiger partial charge in [-0.15, -0.1) is 0 Å². The van der Waals surface area contributed by atoms with Crippen molar-refractivity contribution in [1.29, 1.82) is 0 Å².